The number of piperazine rings is 1. The van der Waals surface area contributed by atoms with Gasteiger partial charge in [-0.2, -0.15) is 0 Å². The number of hydrogen-bond donors (Lipinski definition) is 1. The smallest absolute Gasteiger partial charge is 0.414 e. The first kappa shape index (κ1) is 21.6. The monoisotopic (exact) mass is 462 g/mol. The Kier molecular flexibility index (Phi) is 6.45. The molecular formula is C21H23ClN4O4S. The van der Waals surface area contributed by atoms with Gasteiger partial charge < -0.3 is 15.0 Å². The van der Waals surface area contributed by atoms with Crippen LogP contribution in [0, 0.1) is 0 Å². The molecule has 3 amide bonds. The van der Waals surface area contributed by atoms with Crippen molar-refractivity contribution in [2.45, 2.75) is 13.0 Å². The molecule has 8 nitrogen and oxygen atoms in total. The standard InChI is InChI=1S/C21H23ClN4O4S/c1-2-24-9-10-25(19(27)13-24)14-3-5-15(6-4-14)26-12-16(30-21(26)29)11-23-20(28)17-7-8-18(22)31-17/h3-8,16H,2,9-13H2,1H3,(H,23,28). The molecule has 2 fully saturated rings. The number of amides is 3. The van der Waals surface area contributed by atoms with Crippen LogP contribution in [0.3, 0.4) is 0 Å². The minimum atomic E-state index is -0.459. The summed E-state index contributed by atoms with van der Waals surface area (Å²) < 4.78 is 5.93. The molecule has 1 unspecified atom stereocenters. The molecular weight excluding hydrogens is 440 g/mol. The van der Waals surface area contributed by atoms with Crippen molar-refractivity contribution < 1.29 is 19.1 Å². The third-order valence-corrected chi connectivity index (χ3v) is 6.61. The lowest BCUT2D eigenvalue weighted by Crippen LogP contribution is -2.50. The van der Waals surface area contributed by atoms with Gasteiger partial charge in [0, 0.05) is 24.5 Å². The quantitative estimate of drug-likeness (QED) is 0.713. The Hall–Kier alpha value is -2.62. The predicted octanol–water partition coefficient (Wildman–Crippen LogP) is 2.83. The summed E-state index contributed by atoms with van der Waals surface area (Å²) in [7, 11) is 0. The van der Waals surface area contributed by atoms with Gasteiger partial charge in [0.05, 0.1) is 28.8 Å². The lowest BCUT2D eigenvalue weighted by molar-refractivity contribution is -0.121. The molecule has 3 heterocycles. The second-order valence-electron chi connectivity index (χ2n) is 7.36. The van der Waals surface area contributed by atoms with E-state index in [1.54, 1.807) is 17.0 Å². The zero-order valence-electron chi connectivity index (χ0n) is 17.0. The van der Waals surface area contributed by atoms with Crippen LogP contribution >= 0.6 is 22.9 Å². The number of ether oxygens (including phenoxy) is 1. The van der Waals surface area contributed by atoms with Crippen LogP contribution in [-0.2, 0) is 9.53 Å². The number of carbonyl (C=O) groups excluding carboxylic acids is 3. The highest BCUT2D eigenvalue weighted by molar-refractivity contribution is 7.18. The Morgan fingerprint density at radius 3 is 2.45 bits per heavy atom. The maximum Gasteiger partial charge on any atom is 0.414 e. The molecule has 2 saturated heterocycles. The number of carbonyl (C=O) groups is 3. The van der Waals surface area contributed by atoms with Crippen LogP contribution in [0.2, 0.25) is 4.34 Å². The largest absolute Gasteiger partial charge is 0.442 e. The van der Waals surface area contributed by atoms with Gasteiger partial charge in [-0.05, 0) is 42.9 Å². The van der Waals surface area contributed by atoms with Crippen LogP contribution < -0.4 is 15.1 Å². The fraction of sp³-hybridized carbons (Fsp3) is 0.381. The van der Waals surface area contributed by atoms with Crippen molar-refractivity contribution in [2.24, 2.45) is 0 Å². The van der Waals surface area contributed by atoms with Crippen LogP contribution in [0.25, 0.3) is 0 Å². The summed E-state index contributed by atoms with van der Waals surface area (Å²) in [5.74, 6) is -0.173. The van der Waals surface area contributed by atoms with Crippen LogP contribution in [0.4, 0.5) is 16.2 Å². The van der Waals surface area contributed by atoms with Crippen molar-refractivity contribution in [3.8, 4) is 0 Å². The number of nitrogens with one attached hydrogen (secondary N) is 1. The van der Waals surface area contributed by atoms with Crippen molar-refractivity contribution in [1.82, 2.24) is 10.2 Å². The molecule has 1 aromatic heterocycles. The minimum absolute atomic E-state index is 0.0734. The highest BCUT2D eigenvalue weighted by Crippen LogP contribution is 2.26. The van der Waals surface area contributed by atoms with Gasteiger partial charge in [0.2, 0.25) is 5.91 Å². The zero-order valence-corrected chi connectivity index (χ0v) is 18.6. The lowest BCUT2D eigenvalue weighted by Gasteiger charge is -2.33. The zero-order chi connectivity index (χ0) is 22.0. The highest BCUT2D eigenvalue weighted by atomic mass is 35.5. The van der Waals surface area contributed by atoms with Crippen molar-refractivity contribution >= 4 is 52.2 Å². The van der Waals surface area contributed by atoms with E-state index in [0.29, 0.717) is 34.5 Å². The normalized spacial score (nSPS) is 19.6. The van der Waals surface area contributed by atoms with Crippen LogP contribution in [0.15, 0.2) is 36.4 Å². The van der Waals surface area contributed by atoms with E-state index >= 15 is 0 Å². The van der Waals surface area contributed by atoms with E-state index in [4.69, 9.17) is 16.3 Å². The molecule has 1 aromatic carbocycles. The first-order chi connectivity index (χ1) is 14.9. The Labute approximate surface area is 189 Å². The van der Waals surface area contributed by atoms with E-state index in [1.165, 1.54) is 16.2 Å². The van der Waals surface area contributed by atoms with Crippen LogP contribution in [-0.4, -0.2) is 68.2 Å². The van der Waals surface area contributed by atoms with E-state index in [1.807, 2.05) is 31.2 Å². The molecule has 0 bridgehead atoms. The molecule has 31 heavy (non-hydrogen) atoms. The van der Waals surface area contributed by atoms with Gasteiger partial charge in [-0.3, -0.25) is 19.4 Å². The summed E-state index contributed by atoms with van der Waals surface area (Å²) in [4.78, 5) is 42.8. The molecule has 2 aromatic rings. The molecule has 0 aliphatic carbocycles. The molecule has 2 aliphatic rings. The summed E-state index contributed by atoms with van der Waals surface area (Å²) in [5, 5.41) is 2.77. The molecule has 10 heteroatoms. The molecule has 2 aliphatic heterocycles. The van der Waals surface area contributed by atoms with Gasteiger partial charge in [-0.15, -0.1) is 11.3 Å². The number of thiophene rings is 1. The molecule has 1 atom stereocenters. The average molecular weight is 463 g/mol. The van der Waals surface area contributed by atoms with Gasteiger partial charge in [-0.25, -0.2) is 4.79 Å². The van der Waals surface area contributed by atoms with E-state index in [2.05, 4.69) is 10.2 Å². The van der Waals surface area contributed by atoms with Crippen LogP contribution in [0.1, 0.15) is 16.6 Å². The Morgan fingerprint density at radius 2 is 1.84 bits per heavy atom. The van der Waals surface area contributed by atoms with Gasteiger partial charge >= 0.3 is 6.09 Å². The number of cyclic esters (lactones) is 1. The minimum Gasteiger partial charge on any atom is -0.442 e. The van der Waals surface area contributed by atoms with Gasteiger partial charge in [0.25, 0.3) is 5.91 Å². The first-order valence-electron chi connectivity index (χ1n) is 10.1. The third kappa shape index (κ3) is 4.84. The molecule has 0 spiro atoms. The van der Waals surface area contributed by atoms with E-state index in [9.17, 15) is 14.4 Å². The number of anilines is 2. The molecule has 164 valence electrons. The highest BCUT2D eigenvalue weighted by Gasteiger charge is 2.33. The number of likely N-dealkylation sites (N-methyl/N-ethyl adjacent to an activating group) is 1. The number of rotatable bonds is 6. The maximum absolute atomic E-state index is 12.4. The van der Waals surface area contributed by atoms with E-state index in [0.717, 1.165) is 18.8 Å². The molecule has 0 radical (unpaired) electrons. The van der Waals surface area contributed by atoms with E-state index < -0.39 is 12.2 Å². The predicted molar refractivity (Wildman–Crippen MR) is 120 cm³/mol. The van der Waals surface area contributed by atoms with Crippen molar-refractivity contribution in [3.63, 3.8) is 0 Å². The average Bonchev–Trinajstić information content (AvgIpc) is 3.37. The van der Waals surface area contributed by atoms with Gasteiger partial charge in [0.1, 0.15) is 6.10 Å². The Balaban J connectivity index is 1.34. The Morgan fingerprint density at radius 1 is 1.13 bits per heavy atom. The van der Waals surface area contributed by atoms with Crippen molar-refractivity contribution in [1.29, 1.82) is 0 Å². The molecule has 4 rings (SSSR count). The second-order valence-corrected chi connectivity index (χ2v) is 9.08. The van der Waals surface area contributed by atoms with Crippen LogP contribution in [0.5, 0.6) is 0 Å². The lowest BCUT2D eigenvalue weighted by atomic mass is 10.2. The summed E-state index contributed by atoms with van der Waals surface area (Å²) in [6.45, 7) is 5.36. The van der Waals surface area contributed by atoms with Gasteiger partial charge in [-0.1, -0.05) is 18.5 Å². The van der Waals surface area contributed by atoms with Gasteiger partial charge in [0.15, 0.2) is 0 Å². The second kappa shape index (κ2) is 9.25. The third-order valence-electron chi connectivity index (χ3n) is 5.38. The fourth-order valence-corrected chi connectivity index (χ4v) is 4.61. The number of nitrogens with zero attached hydrogens (tertiary/aromatic N) is 3. The molecule has 0 saturated carbocycles. The maximum atomic E-state index is 12.4. The summed E-state index contributed by atoms with van der Waals surface area (Å²) >= 11 is 7.05. The Bertz CT molecular complexity index is 980. The topological polar surface area (TPSA) is 82.2 Å². The summed E-state index contributed by atoms with van der Waals surface area (Å²) in [5.41, 5.74) is 1.50. The number of hydrogen-bond acceptors (Lipinski definition) is 6. The first-order valence-corrected chi connectivity index (χ1v) is 11.3. The van der Waals surface area contributed by atoms with E-state index in [-0.39, 0.29) is 18.4 Å². The molecule has 1 N–H and O–H groups in total. The fourth-order valence-electron chi connectivity index (χ4n) is 3.65. The summed E-state index contributed by atoms with van der Waals surface area (Å²) in [6, 6.07) is 10.6. The van der Waals surface area contributed by atoms with Crippen molar-refractivity contribution in [3.05, 3.63) is 45.6 Å². The number of halogens is 1. The van der Waals surface area contributed by atoms with Crippen molar-refractivity contribution in [2.75, 3.05) is 49.1 Å². The summed E-state index contributed by atoms with van der Waals surface area (Å²) in [6.07, 6.45) is -0.908. The number of benzene rings is 1. The SMILES string of the molecule is CCN1CCN(c2ccc(N3CC(CNC(=O)c4ccc(Cl)s4)OC3=O)cc2)C(=O)C1.